The number of nitrogens with zero attached hydrogens (tertiary/aromatic N) is 3. The third-order valence-electron chi connectivity index (χ3n) is 7.56. The fraction of sp³-hybridized carbons (Fsp3) is 0.520. The molecule has 2 aliphatic heterocycles. The van der Waals surface area contributed by atoms with Crippen molar-refractivity contribution in [3.63, 3.8) is 0 Å². The molecule has 3 fully saturated rings. The summed E-state index contributed by atoms with van der Waals surface area (Å²) in [5, 5.41) is 6.07. The van der Waals surface area contributed by atoms with Crippen molar-refractivity contribution in [1.82, 2.24) is 14.6 Å². The van der Waals surface area contributed by atoms with Crippen LogP contribution < -0.4 is 15.5 Å². The molecule has 37 heavy (non-hydrogen) atoms. The summed E-state index contributed by atoms with van der Waals surface area (Å²) < 4.78 is 65.9. The lowest BCUT2D eigenvalue weighted by atomic mass is 9.60. The number of hydrogen-bond acceptors (Lipinski definition) is 6. The van der Waals surface area contributed by atoms with Crippen molar-refractivity contribution in [2.75, 3.05) is 36.4 Å². The molecule has 1 aromatic heterocycles. The highest BCUT2D eigenvalue weighted by Crippen LogP contribution is 2.49. The minimum atomic E-state index is -4.43. The minimum absolute atomic E-state index is 0.00414. The Morgan fingerprint density at radius 2 is 1.68 bits per heavy atom. The van der Waals surface area contributed by atoms with Gasteiger partial charge in [-0.1, -0.05) is 0 Å². The van der Waals surface area contributed by atoms with E-state index in [-0.39, 0.29) is 28.3 Å². The number of aromatic nitrogens is 1. The summed E-state index contributed by atoms with van der Waals surface area (Å²) in [5.41, 5.74) is 0.434. The number of carbonyl (C=O) groups excluding carboxylic acids is 1. The van der Waals surface area contributed by atoms with E-state index >= 15 is 0 Å². The van der Waals surface area contributed by atoms with Crippen molar-refractivity contribution in [1.29, 1.82) is 0 Å². The molecule has 8 nitrogen and oxygen atoms in total. The summed E-state index contributed by atoms with van der Waals surface area (Å²) in [5.74, 6) is 0.342. The fourth-order valence-corrected chi connectivity index (χ4v) is 7.12. The average Bonchev–Trinajstić information content (AvgIpc) is 2.80. The molecule has 2 N–H and O–H groups in total. The number of halogens is 3. The van der Waals surface area contributed by atoms with Gasteiger partial charge in [-0.15, -0.1) is 0 Å². The quantitative estimate of drug-likeness (QED) is 0.586. The lowest BCUT2D eigenvalue weighted by molar-refractivity contribution is -0.137. The van der Waals surface area contributed by atoms with Crippen LogP contribution in [-0.4, -0.2) is 61.9 Å². The van der Waals surface area contributed by atoms with Crippen LogP contribution in [0.3, 0.4) is 0 Å². The topological polar surface area (TPSA) is 94.6 Å². The third-order valence-corrected chi connectivity index (χ3v) is 9.47. The number of pyridine rings is 1. The maximum Gasteiger partial charge on any atom is 0.417 e. The molecule has 0 atom stereocenters. The van der Waals surface area contributed by atoms with Crippen LogP contribution in [0.1, 0.15) is 38.2 Å². The first-order chi connectivity index (χ1) is 17.4. The molecule has 3 heterocycles. The molecule has 1 spiro atoms. The van der Waals surface area contributed by atoms with Crippen molar-refractivity contribution in [2.45, 2.75) is 55.8 Å². The number of nitrogens with one attached hydrogen (secondary N) is 2. The van der Waals surface area contributed by atoms with E-state index in [0.29, 0.717) is 31.7 Å². The summed E-state index contributed by atoms with van der Waals surface area (Å²) >= 11 is 0. The van der Waals surface area contributed by atoms with E-state index < -0.39 is 21.8 Å². The van der Waals surface area contributed by atoms with Gasteiger partial charge < -0.3 is 15.5 Å². The average molecular weight is 538 g/mol. The molecular weight excluding hydrogens is 507 g/mol. The Balaban J connectivity index is 1.11. The molecule has 0 unspecified atom stereocenters. The van der Waals surface area contributed by atoms with Gasteiger partial charge in [-0.2, -0.15) is 17.5 Å². The zero-order chi connectivity index (χ0) is 26.4. The summed E-state index contributed by atoms with van der Waals surface area (Å²) in [6.07, 6.45) is -0.634. The summed E-state index contributed by atoms with van der Waals surface area (Å²) in [6, 6.07) is 9.43. The molecule has 3 aliphatic rings. The van der Waals surface area contributed by atoms with Gasteiger partial charge in [0.05, 0.1) is 10.5 Å². The number of benzene rings is 1. The van der Waals surface area contributed by atoms with Crippen molar-refractivity contribution in [2.24, 2.45) is 5.41 Å². The molecule has 1 saturated carbocycles. The first-order valence-corrected chi connectivity index (χ1v) is 13.8. The molecule has 1 amide bonds. The zero-order valence-electron chi connectivity index (χ0n) is 20.5. The van der Waals surface area contributed by atoms with Gasteiger partial charge >= 0.3 is 6.18 Å². The van der Waals surface area contributed by atoms with E-state index in [4.69, 9.17) is 0 Å². The molecule has 1 aliphatic carbocycles. The van der Waals surface area contributed by atoms with Crippen LogP contribution in [0.2, 0.25) is 0 Å². The van der Waals surface area contributed by atoms with Gasteiger partial charge in [0, 0.05) is 62.5 Å². The van der Waals surface area contributed by atoms with E-state index in [1.807, 2.05) is 12.1 Å². The highest BCUT2D eigenvalue weighted by atomic mass is 32.2. The van der Waals surface area contributed by atoms with Crippen LogP contribution in [0.5, 0.6) is 0 Å². The SMILES string of the molecule is CC(=O)NC1CC2(C1)CN(c1ccc(S(=O)(=O)N3CCC(Nc4ccc(C(F)(F)F)cn4)CC3)cc1)C2. The molecule has 2 aromatic rings. The number of amides is 1. The summed E-state index contributed by atoms with van der Waals surface area (Å²) in [6.45, 7) is 3.97. The molecule has 5 rings (SSSR count). The number of sulfonamides is 1. The number of alkyl halides is 3. The fourth-order valence-electron chi connectivity index (χ4n) is 5.65. The number of carbonyl (C=O) groups is 1. The standard InChI is InChI=1S/C25H30F3N5O3S/c1-17(34)30-20-12-24(13-20)15-32(16-24)21-3-5-22(6-4-21)37(35,36)33-10-8-19(9-11-33)31-23-7-2-18(14-29-23)25(26,27)28/h2-7,14,19-20H,8-13,15-16H2,1H3,(H,29,31)(H,30,34). The monoisotopic (exact) mass is 537 g/mol. The normalized spacial score (nSPS) is 20.8. The van der Waals surface area contributed by atoms with Crippen LogP contribution in [0, 0.1) is 5.41 Å². The first-order valence-electron chi connectivity index (χ1n) is 12.4. The van der Waals surface area contributed by atoms with Crippen LogP contribution in [0.4, 0.5) is 24.7 Å². The third kappa shape index (κ3) is 5.40. The second-order valence-electron chi connectivity index (χ2n) is 10.4. The Morgan fingerprint density at radius 1 is 1.03 bits per heavy atom. The predicted molar refractivity (Wildman–Crippen MR) is 133 cm³/mol. The summed E-state index contributed by atoms with van der Waals surface area (Å²) in [7, 11) is -3.64. The Morgan fingerprint density at radius 3 is 2.22 bits per heavy atom. The van der Waals surface area contributed by atoms with Crippen molar-refractivity contribution >= 4 is 27.4 Å². The van der Waals surface area contributed by atoms with Crippen LogP contribution in [0.15, 0.2) is 47.5 Å². The van der Waals surface area contributed by atoms with Gasteiger partial charge in [-0.05, 0) is 62.1 Å². The maximum absolute atomic E-state index is 13.2. The molecule has 12 heteroatoms. The zero-order valence-corrected chi connectivity index (χ0v) is 21.3. The Labute approximate surface area is 214 Å². The molecule has 2 saturated heterocycles. The Bertz CT molecular complexity index is 1230. The second-order valence-corrected chi connectivity index (χ2v) is 12.3. The molecule has 0 bridgehead atoms. The van der Waals surface area contributed by atoms with Gasteiger partial charge in [0.25, 0.3) is 0 Å². The van der Waals surface area contributed by atoms with Gasteiger partial charge in [-0.25, -0.2) is 13.4 Å². The number of piperidine rings is 1. The van der Waals surface area contributed by atoms with Gasteiger partial charge in [0.15, 0.2) is 0 Å². The number of rotatable bonds is 6. The molecule has 1 aromatic carbocycles. The van der Waals surface area contributed by atoms with Gasteiger partial charge in [0.1, 0.15) is 5.82 Å². The number of hydrogen-bond donors (Lipinski definition) is 2. The molecule has 0 radical (unpaired) electrons. The molecule has 200 valence electrons. The van der Waals surface area contributed by atoms with E-state index in [9.17, 15) is 26.4 Å². The lowest BCUT2D eigenvalue weighted by Gasteiger charge is -2.60. The minimum Gasteiger partial charge on any atom is -0.370 e. The van der Waals surface area contributed by atoms with Crippen molar-refractivity contribution < 1.29 is 26.4 Å². The maximum atomic E-state index is 13.2. The predicted octanol–water partition coefficient (Wildman–Crippen LogP) is 3.47. The Hall–Kier alpha value is -2.86. The van der Waals surface area contributed by atoms with Crippen LogP contribution in [-0.2, 0) is 21.0 Å². The van der Waals surface area contributed by atoms with Crippen LogP contribution in [0.25, 0.3) is 0 Å². The van der Waals surface area contributed by atoms with E-state index in [1.54, 1.807) is 12.1 Å². The second kappa shape index (κ2) is 9.46. The highest BCUT2D eigenvalue weighted by molar-refractivity contribution is 7.89. The van der Waals surface area contributed by atoms with E-state index in [1.165, 1.54) is 17.3 Å². The van der Waals surface area contributed by atoms with E-state index in [0.717, 1.165) is 43.9 Å². The van der Waals surface area contributed by atoms with Crippen LogP contribution >= 0.6 is 0 Å². The first kappa shape index (κ1) is 25.8. The summed E-state index contributed by atoms with van der Waals surface area (Å²) in [4.78, 5) is 17.5. The largest absolute Gasteiger partial charge is 0.417 e. The van der Waals surface area contributed by atoms with Crippen molar-refractivity contribution in [3.8, 4) is 0 Å². The highest BCUT2D eigenvalue weighted by Gasteiger charge is 2.52. The molecular formula is C25H30F3N5O3S. The smallest absolute Gasteiger partial charge is 0.370 e. The van der Waals surface area contributed by atoms with Gasteiger partial charge in [0.2, 0.25) is 15.9 Å². The Kier molecular flexibility index (Phi) is 6.59. The van der Waals surface area contributed by atoms with Gasteiger partial charge in [-0.3, -0.25) is 4.79 Å². The lowest BCUT2D eigenvalue weighted by Crippen LogP contribution is -2.66. The van der Waals surface area contributed by atoms with Crippen molar-refractivity contribution in [3.05, 3.63) is 48.2 Å². The van der Waals surface area contributed by atoms with E-state index in [2.05, 4.69) is 20.5 Å². The number of anilines is 2.